The number of hydrogen-bond donors (Lipinski definition) is 3. The van der Waals surface area contributed by atoms with Gasteiger partial charge in [0.25, 0.3) is 0 Å². The Bertz CT molecular complexity index is 678. The lowest BCUT2D eigenvalue weighted by molar-refractivity contribution is 0.0692. The Labute approximate surface area is 121 Å². The van der Waals surface area contributed by atoms with Crippen LogP contribution in [-0.2, 0) is 0 Å². The number of para-hydroxylation sites is 1. The van der Waals surface area contributed by atoms with Gasteiger partial charge in [-0.1, -0.05) is 18.2 Å². The first kappa shape index (κ1) is 14.5. The van der Waals surface area contributed by atoms with Crippen LogP contribution < -0.4 is 10.6 Å². The predicted molar refractivity (Wildman–Crippen MR) is 79.8 cm³/mol. The van der Waals surface area contributed by atoms with Crippen LogP contribution in [0.15, 0.2) is 36.5 Å². The molecule has 0 unspecified atom stereocenters. The summed E-state index contributed by atoms with van der Waals surface area (Å²) in [7, 11) is 0. The van der Waals surface area contributed by atoms with Gasteiger partial charge in [-0.05, 0) is 37.1 Å². The van der Waals surface area contributed by atoms with E-state index in [4.69, 9.17) is 5.11 Å². The van der Waals surface area contributed by atoms with Crippen molar-refractivity contribution < 1.29 is 14.7 Å². The molecular weight excluding hydrogens is 270 g/mol. The molecule has 0 bridgehead atoms. The van der Waals surface area contributed by atoms with Gasteiger partial charge in [0.15, 0.2) is 5.69 Å². The minimum atomic E-state index is -1.20. The number of anilines is 2. The number of carbonyl (C=O) groups excluding carboxylic acids is 1. The summed E-state index contributed by atoms with van der Waals surface area (Å²) in [6, 6.07) is 8.20. The van der Waals surface area contributed by atoms with Gasteiger partial charge in [-0.25, -0.2) is 14.6 Å². The zero-order valence-corrected chi connectivity index (χ0v) is 11.7. The number of aromatic carboxylic acids is 1. The highest BCUT2D eigenvalue weighted by Crippen LogP contribution is 2.20. The molecule has 0 saturated heterocycles. The summed E-state index contributed by atoms with van der Waals surface area (Å²) in [5.41, 5.74) is 2.50. The number of amides is 2. The molecule has 21 heavy (non-hydrogen) atoms. The molecule has 0 atom stereocenters. The zero-order chi connectivity index (χ0) is 15.4. The Morgan fingerprint density at radius 3 is 2.33 bits per heavy atom. The van der Waals surface area contributed by atoms with E-state index in [0.29, 0.717) is 5.69 Å². The number of benzene rings is 1. The third kappa shape index (κ3) is 3.36. The lowest BCUT2D eigenvalue weighted by Gasteiger charge is -2.13. The maximum absolute atomic E-state index is 12.0. The quantitative estimate of drug-likeness (QED) is 0.808. The Kier molecular flexibility index (Phi) is 4.18. The van der Waals surface area contributed by atoms with E-state index in [1.807, 2.05) is 32.0 Å². The minimum Gasteiger partial charge on any atom is -0.476 e. The lowest BCUT2D eigenvalue weighted by Crippen LogP contribution is -2.22. The van der Waals surface area contributed by atoms with Gasteiger partial charge in [-0.15, -0.1) is 0 Å². The Morgan fingerprint density at radius 1 is 1.05 bits per heavy atom. The largest absolute Gasteiger partial charge is 0.476 e. The number of nitrogens with one attached hydrogen (secondary N) is 2. The fourth-order valence-corrected chi connectivity index (χ4v) is 1.96. The monoisotopic (exact) mass is 285 g/mol. The molecule has 0 spiro atoms. The van der Waals surface area contributed by atoms with Gasteiger partial charge in [0.1, 0.15) is 0 Å². The van der Waals surface area contributed by atoms with Crippen molar-refractivity contribution >= 4 is 23.4 Å². The van der Waals surface area contributed by atoms with Crippen molar-refractivity contribution in [3.05, 3.63) is 53.3 Å². The standard InChI is InChI=1S/C15H15N3O3/c1-9-5-3-6-10(2)12(9)18-15(21)17-11-7-4-8-16-13(11)14(19)20/h3-8H,1-2H3,(H,19,20)(H2,17,18,21). The molecule has 2 aromatic rings. The number of aryl methyl sites for hydroxylation is 2. The van der Waals surface area contributed by atoms with Crippen LogP contribution in [0.5, 0.6) is 0 Å². The molecule has 0 aliphatic rings. The van der Waals surface area contributed by atoms with E-state index in [2.05, 4.69) is 15.6 Å². The molecule has 0 aliphatic heterocycles. The molecule has 2 rings (SSSR count). The Hall–Kier alpha value is -2.89. The number of nitrogens with zero attached hydrogens (tertiary/aromatic N) is 1. The van der Waals surface area contributed by atoms with Crippen molar-refractivity contribution in [2.24, 2.45) is 0 Å². The number of carboxylic acid groups (broad SMARTS) is 1. The fraction of sp³-hybridized carbons (Fsp3) is 0.133. The van der Waals surface area contributed by atoms with Gasteiger partial charge >= 0.3 is 12.0 Å². The summed E-state index contributed by atoms with van der Waals surface area (Å²) in [5.74, 6) is -1.20. The van der Waals surface area contributed by atoms with Gasteiger partial charge in [-0.2, -0.15) is 0 Å². The second-order valence-corrected chi connectivity index (χ2v) is 4.55. The van der Waals surface area contributed by atoms with E-state index in [1.165, 1.54) is 12.3 Å². The second kappa shape index (κ2) is 6.04. The molecule has 1 aromatic carbocycles. The average Bonchev–Trinajstić information content (AvgIpc) is 2.43. The SMILES string of the molecule is Cc1cccc(C)c1NC(=O)Nc1cccnc1C(=O)O. The van der Waals surface area contributed by atoms with E-state index >= 15 is 0 Å². The van der Waals surface area contributed by atoms with Gasteiger partial charge in [0, 0.05) is 11.9 Å². The van der Waals surface area contributed by atoms with Crippen LogP contribution in [0.4, 0.5) is 16.2 Å². The van der Waals surface area contributed by atoms with Crippen LogP contribution in [-0.4, -0.2) is 22.1 Å². The molecule has 0 aliphatic carbocycles. The van der Waals surface area contributed by atoms with Crippen molar-refractivity contribution in [3.8, 4) is 0 Å². The van der Waals surface area contributed by atoms with Crippen LogP contribution in [0.2, 0.25) is 0 Å². The number of aromatic nitrogens is 1. The normalized spacial score (nSPS) is 10.0. The van der Waals surface area contributed by atoms with Crippen LogP contribution in [0, 0.1) is 13.8 Å². The molecule has 2 amide bonds. The molecule has 6 heteroatoms. The summed E-state index contributed by atoms with van der Waals surface area (Å²) in [4.78, 5) is 26.8. The van der Waals surface area contributed by atoms with E-state index < -0.39 is 12.0 Å². The van der Waals surface area contributed by atoms with Crippen molar-refractivity contribution in [2.45, 2.75) is 13.8 Å². The second-order valence-electron chi connectivity index (χ2n) is 4.55. The van der Waals surface area contributed by atoms with Gasteiger partial charge in [0.05, 0.1) is 5.69 Å². The highest BCUT2D eigenvalue weighted by Gasteiger charge is 2.14. The number of urea groups is 1. The van der Waals surface area contributed by atoms with Gasteiger partial charge < -0.3 is 15.7 Å². The smallest absolute Gasteiger partial charge is 0.356 e. The topological polar surface area (TPSA) is 91.3 Å². The summed E-state index contributed by atoms with van der Waals surface area (Å²) in [6.07, 6.45) is 1.36. The Balaban J connectivity index is 2.18. The minimum absolute atomic E-state index is 0.147. The third-order valence-electron chi connectivity index (χ3n) is 2.98. The van der Waals surface area contributed by atoms with E-state index in [-0.39, 0.29) is 11.4 Å². The summed E-state index contributed by atoms with van der Waals surface area (Å²) in [5, 5.41) is 14.2. The van der Waals surface area contributed by atoms with Gasteiger partial charge in [0.2, 0.25) is 0 Å². The van der Waals surface area contributed by atoms with Crippen LogP contribution >= 0.6 is 0 Å². The number of carboxylic acids is 1. The summed E-state index contributed by atoms with van der Waals surface area (Å²) >= 11 is 0. The maximum Gasteiger partial charge on any atom is 0.356 e. The van der Waals surface area contributed by atoms with Crippen molar-refractivity contribution in [3.63, 3.8) is 0 Å². The van der Waals surface area contributed by atoms with E-state index in [1.54, 1.807) is 6.07 Å². The van der Waals surface area contributed by atoms with E-state index in [9.17, 15) is 9.59 Å². The Morgan fingerprint density at radius 2 is 1.71 bits per heavy atom. The molecule has 1 heterocycles. The lowest BCUT2D eigenvalue weighted by atomic mass is 10.1. The molecule has 0 radical (unpaired) electrons. The molecule has 3 N–H and O–H groups in total. The van der Waals surface area contributed by atoms with Crippen LogP contribution in [0.3, 0.4) is 0 Å². The molecule has 108 valence electrons. The van der Waals surface area contributed by atoms with Crippen molar-refractivity contribution in [2.75, 3.05) is 10.6 Å². The average molecular weight is 285 g/mol. The first-order chi connectivity index (χ1) is 9.99. The first-order valence-electron chi connectivity index (χ1n) is 6.31. The molecule has 0 fully saturated rings. The van der Waals surface area contributed by atoms with Crippen LogP contribution in [0.1, 0.15) is 21.6 Å². The number of carbonyl (C=O) groups is 2. The summed E-state index contributed by atoms with van der Waals surface area (Å²) in [6.45, 7) is 3.77. The number of rotatable bonds is 3. The summed E-state index contributed by atoms with van der Waals surface area (Å²) < 4.78 is 0. The highest BCUT2D eigenvalue weighted by atomic mass is 16.4. The van der Waals surface area contributed by atoms with Gasteiger partial charge in [-0.3, -0.25) is 0 Å². The van der Waals surface area contributed by atoms with E-state index in [0.717, 1.165) is 11.1 Å². The highest BCUT2D eigenvalue weighted by molar-refractivity contribution is 6.04. The molecule has 1 aromatic heterocycles. The van der Waals surface area contributed by atoms with Crippen LogP contribution in [0.25, 0.3) is 0 Å². The molecule has 6 nitrogen and oxygen atoms in total. The zero-order valence-electron chi connectivity index (χ0n) is 11.7. The predicted octanol–water partition coefficient (Wildman–Crippen LogP) is 3.04. The maximum atomic E-state index is 12.0. The van der Waals surface area contributed by atoms with Crippen molar-refractivity contribution in [1.82, 2.24) is 4.98 Å². The molecule has 0 saturated carbocycles. The fourth-order valence-electron chi connectivity index (χ4n) is 1.96. The number of pyridine rings is 1. The van der Waals surface area contributed by atoms with Crippen molar-refractivity contribution in [1.29, 1.82) is 0 Å². The molecular formula is C15H15N3O3. The number of hydrogen-bond acceptors (Lipinski definition) is 3. The third-order valence-corrected chi connectivity index (χ3v) is 2.98. The first-order valence-corrected chi connectivity index (χ1v) is 6.31.